The lowest BCUT2D eigenvalue weighted by molar-refractivity contribution is -0.139. The minimum Gasteiger partial charge on any atom is -0.478 e. The smallest absolute Gasteiger partial charge is 0.419 e. The van der Waals surface area contributed by atoms with Gasteiger partial charge in [0.15, 0.2) is 17.9 Å². The Morgan fingerprint density at radius 2 is 1.68 bits per heavy atom. The molecular weight excluding hydrogens is 396 g/mol. The second kappa shape index (κ2) is 7.32. The van der Waals surface area contributed by atoms with E-state index in [0.717, 1.165) is 6.07 Å². The average molecular weight is 407 g/mol. The first-order valence-corrected chi connectivity index (χ1v) is 7.71. The van der Waals surface area contributed by atoms with E-state index < -0.39 is 58.3 Å². The van der Waals surface area contributed by atoms with Crippen LogP contribution in [-0.4, -0.2) is 24.3 Å². The van der Waals surface area contributed by atoms with Crippen LogP contribution in [0.4, 0.5) is 37.7 Å². The molecule has 0 radical (unpaired) electrons. The largest absolute Gasteiger partial charge is 0.478 e. The number of alkyl halides is 3. The van der Waals surface area contributed by atoms with Crippen molar-refractivity contribution in [3.8, 4) is 0 Å². The van der Waals surface area contributed by atoms with E-state index in [9.17, 15) is 31.1 Å². The summed E-state index contributed by atoms with van der Waals surface area (Å²) >= 11 is 0. The molecule has 0 spiro atoms. The van der Waals surface area contributed by atoms with E-state index in [0.29, 0.717) is 6.07 Å². The molecule has 11 heteroatoms. The van der Waals surface area contributed by atoms with Gasteiger partial charge in [0.05, 0.1) is 35.6 Å². The number of carbonyl (C=O) groups is 1. The normalized spacial score (nSPS) is 15.1. The van der Waals surface area contributed by atoms with Crippen molar-refractivity contribution < 1.29 is 45.7 Å². The molecule has 0 saturated carbocycles. The Morgan fingerprint density at radius 1 is 1.04 bits per heavy atom. The summed E-state index contributed by atoms with van der Waals surface area (Å²) in [5.41, 5.74) is -4.03. The monoisotopic (exact) mass is 407 g/mol. The maximum Gasteiger partial charge on any atom is 0.419 e. The van der Waals surface area contributed by atoms with Gasteiger partial charge in [0.2, 0.25) is 0 Å². The van der Waals surface area contributed by atoms with E-state index in [2.05, 4.69) is 5.32 Å². The molecule has 5 nitrogen and oxygen atoms in total. The van der Waals surface area contributed by atoms with Gasteiger partial charge in [-0.05, 0) is 24.3 Å². The van der Waals surface area contributed by atoms with Gasteiger partial charge in [0.25, 0.3) is 0 Å². The Labute approximate surface area is 153 Å². The summed E-state index contributed by atoms with van der Waals surface area (Å²) in [6.45, 7) is 0.129. The van der Waals surface area contributed by atoms with Crippen LogP contribution in [0.5, 0.6) is 0 Å². The van der Waals surface area contributed by atoms with Crippen molar-refractivity contribution in [3.63, 3.8) is 0 Å². The van der Waals surface area contributed by atoms with Crippen LogP contribution in [-0.2, 0) is 15.7 Å². The number of carboxylic acids is 1. The van der Waals surface area contributed by atoms with Crippen LogP contribution < -0.4 is 5.32 Å². The summed E-state index contributed by atoms with van der Waals surface area (Å²) < 4.78 is 90.7. The Bertz CT molecular complexity index is 925. The highest BCUT2D eigenvalue weighted by atomic mass is 19.4. The van der Waals surface area contributed by atoms with Crippen LogP contribution in [0, 0.1) is 17.5 Å². The van der Waals surface area contributed by atoms with Gasteiger partial charge in [-0.3, -0.25) is 0 Å². The molecule has 1 fully saturated rings. The lowest BCUT2D eigenvalue weighted by atomic mass is 10.1. The SMILES string of the molecule is O=C(O)c1cc(F)c(C(F)(F)F)cc1Nc1ccc(F)c(F)c1C1OCCO1. The molecule has 2 N–H and O–H groups in total. The highest BCUT2D eigenvalue weighted by molar-refractivity contribution is 5.95. The van der Waals surface area contributed by atoms with Crippen LogP contribution >= 0.6 is 0 Å². The highest BCUT2D eigenvalue weighted by Gasteiger charge is 2.36. The molecule has 150 valence electrons. The molecule has 0 aromatic heterocycles. The van der Waals surface area contributed by atoms with Gasteiger partial charge >= 0.3 is 12.1 Å². The van der Waals surface area contributed by atoms with Gasteiger partial charge in [-0.15, -0.1) is 0 Å². The predicted molar refractivity (Wildman–Crippen MR) is 82.6 cm³/mol. The van der Waals surface area contributed by atoms with Gasteiger partial charge in [-0.2, -0.15) is 13.2 Å². The first-order valence-electron chi connectivity index (χ1n) is 7.71. The molecule has 1 aliphatic heterocycles. The van der Waals surface area contributed by atoms with Crippen molar-refractivity contribution in [1.82, 2.24) is 0 Å². The number of nitrogens with one attached hydrogen (secondary N) is 1. The zero-order valence-corrected chi connectivity index (χ0v) is 13.7. The molecule has 0 atom stereocenters. The van der Waals surface area contributed by atoms with Gasteiger partial charge in [-0.1, -0.05) is 0 Å². The summed E-state index contributed by atoms with van der Waals surface area (Å²) in [5, 5.41) is 11.5. The zero-order valence-electron chi connectivity index (χ0n) is 13.7. The van der Waals surface area contributed by atoms with E-state index in [1.54, 1.807) is 0 Å². The molecule has 1 aliphatic rings. The fourth-order valence-electron chi connectivity index (χ4n) is 2.65. The third-order valence-corrected chi connectivity index (χ3v) is 3.90. The molecular formula is C17H11F6NO4. The molecule has 0 unspecified atom stereocenters. The summed E-state index contributed by atoms with van der Waals surface area (Å²) in [6, 6.07) is 2.08. The van der Waals surface area contributed by atoms with Crippen LogP contribution in [0.3, 0.4) is 0 Å². The van der Waals surface area contributed by atoms with E-state index in [1.165, 1.54) is 0 Å². The third-order valence-electron chi connectivity index (χ3n) is 3.90. The summed E-state index contributed by atoms with van der Waals surface area (Å²) in [7, 11) is 0. The van der Waals surface area contributed by atoms with E-state index >= 15 is 0 Å². The Morgan fingerprint density at radius 3 is 2.25 bits per heavy atom. The van der Waals surface area contributed by atoms with Crippen molar-refractivity contribution in [1.29, 1.82) is 0 Å². The van der Waals surface area contributed by atoms with E-state index in [1.807, 2.05) is 0 Å². The van der Waals surface area contributed by atoms with Gasteiger partial charge in [0, 0.05) is 5.69 Å². The van der Waals surface area contributed by atoms with Crippen LogP contribution in [0.1, 0.15) is 27.8 Å². The molecule has 2 aromatic rings. The quantitative estimate of drug-likeness (QED) is 0.725. The molecule has 3 rings (SSSR count). The minimum absolute atomic E-state index is 0.0647. The van der Waals surface area contributed by atoms with Gasteiger partial charge in [-0.25, -0.2) is 18.0 Å². The van der Waals surface area contributed by atoms with E-state index in [-0.39, 0.29) is 31.0 Å². The Hall–Kier alpha value is -2.79. The Kier molecular flexibility index (Phi) is 5.22. The van der Waals surface area contributed by atoms with Crippen molar-refractivity contribution in [3.05, 3.63) is 58.4 Å². The molecule has 0 amide bonds. The lowest BCUT2D eigenvalue weighted by Crippen LogP contribution is -2.14. The number of halogens is 6. The third kappa shape index (κ3) is 3.76. The number of rotatable bonds is 4. The number of carboxylic acid groups (broad SMARTS) is 1. The number of aromatic carboxylic acids is 1. The minimum atomic E-state index is -5.11. The van der Waals surface area contributed by atoms with Crippen molar-refractivity contribution >= 4 is 17.3 Å². The topological polar surface area (TPSA) is 67.8 Å². The standard InChI is InChI=1S/C17H11F6NO4/c18-9-1-2-11(13(14(9)20)16-27-3-4-28-16)24-12-6-8(17(21,22)23)10(19)5-7(12)15(25)26/h1-2,5-6,16,24H,3-4H2,(H,25,26). The summed E-state index contributed by atoms with van der Waals surface area (Å²) in [4.78, 5) is 11.3. The number of anilines is 2. The molecule has 0 bridgehead atoms. The molecule has 28 heavy (non-hydrogen) atoms. The molecule has 1 saturated heterocycles. The number of hydrogen-bond acceptors (Lipinski definition) is 4. The van der Waals surface area contributed by atoms with Crippen LogP contribution in [0.2, 0.25) is 0 Å². The fraction of sp³-hybridized carbons (Fsp3) is 0.235. The first kappa shape index (κ1) is 20.0. The zero-order chi connectivity index (χ0) is 20.6. The summed E-state index contributed by atoms with van der Waals surface area (Å²) in [6.07, 6.45) is -6.46. The van der Waals surface area contributed by atoms with Crippen molar-refractivity contribution in [2.45, 2.75) is 12.5 Å². The second-order valence-corrected chi connectivity index (χ2v) is 5.70. The van der Waals surface area contributed by atoms with Gasteiger partial charge < -0.3 is 19.9 Å². The van der Waals surface area contributed by atoms with Crippen LogP contribution in [0.25, 0.3) is 0 Å². The Balaban J connectivity index is 2.13. The average Bonchev–Trinajstić information content (AvgIpc) is 3.12. The highest BCUT2D eigenvalue weighted by Crippen LogP contribution is 2.38. The number of hydrogen-bond donors (Lipinski definition) is 2. The number of benzene rings is 2. The maximum absolute atomic E-state index is 14.3. The number of ether oxygens (including phenoxy) is 2. The van der Waals surface area contributed by atoms with Crippen molar-refractivity contribution in [2.24, 2.45) is 0 Å². The first-order chi connectivity index (χ1) is 13.1. The van der Waals surface area contributed by atoms with E-state index in [4.69, 9.17) is 14.6 Å². The molecule has 0 aliphatic carbocycles. The predicted octanol–water partition coefficient (Wildman–Crippen LogP) is 4.61. The van der Waals surface area contributed by atoms with Gasteiger partial charge in [0.1, 0.15) is 5.82 Å². The van der Waals surface area contributed by atoms with Crippen molar-refractivity contribution in [2.75, 3.05) is 18.5 Å². The fourth-order valence-corrected chi connectivity index (χ4v) is 2.65. The van der Waals surface area contributed by atoms with Crippen LogP contribution in [0.15, 0.2) is 24.3 Å². The molecule has 1 heterocycles. The second-order valence-electron chi connectivity index (χ2n) is 5.70. The lowest BCUT2D eigenvalue weighted by Gasteiger charge is -2.19. The summed E-state index contributed by atoms with van der Waals surface area (Å²) in [5.74, 6) is -6.17. The maximum atomic E-state index is 14.3. The molecule has 2 aromatic carbocycles.